The Morgan fingerprint density at radius 1 is 1.55 bits per heavy atom. The molecule has 104 valence electrons. The molecule has 2 aromatic rings. The summed E-state index contributed by atoms with van der Waals surface area (Å²) in [7, 11) is 0. The predicted molar refractivity (Wildman–Crippen MR) is 79.7 cm³/mol. The average molecular weight is 305 g/mol. The zero-order valence-electron chi connectivity index (χ0n) is 11.4. The Kier molecular flexibility index (Phi) is 3.81. The number of aryl methyl sites for hydroxylation is 1. The second-order valence-corrected chi connectivity index (χ2v) is 7.60. The van der Waals surface area contributed by atoms with E-state index < -0.39 is 0 Å². The van der Waals surface area contributed by atoms with Gasteiger partial charge in [-0.15, -0.1) is 21.5 Å². The molecular formula is C14H15N3OS2. The summed E-state index contributed by atoms with van der Waals surface area (Å²) >= 11 is 3.06. The largest absolute Gasteiger partial charge is 0.410 e. The smallest absolute Gasteiger partial charge is 0.278 e. The molecule has 2 unspecified atom stereocenters. The molecule has 2 atom stereocenters. The van der Waals surface area contributed by atoms with Crippen LogP contribution in [-0.4, -0.2) is 15.4 Å². The van der Waals surface area contributed by atoms with Gasteiger partial charge in [-0.3, -0.25) is 0 Å². The molecule has 1 aliphatic rings. The maximum absolute atomic E-state index is 8.80. The summed E-state index contributed by atoms with van der Waals surface area (Å²) in [6.45, 7) is 4.12. The Morgan fingerprint density at radius 3 is 3.20 bits per heavy atom. The van der Waals surface area contributed by atoms with Crippen molar-refractivity contribution in [3.63, 3.8) is 0 Å². The number of aromatic nitrogens is 2. The van der Waals surface area contributed by atoms with Crippen molar-refractivity contribution in [2.24, 2.45) is 5.92 Å². The molecule has 0 aliphatic heterocycles. The lowest BCUT2D eigenvalue weighted by molar-refractivity contribution is 0.466. The monoisotopic (exact) mass is 305 g/mol. The van der Waals surface area contributed by atoms with Gasteiger partial charge < -0.3 is 4.42 Å². The number of rotatable bonds is 3. The van der Waals surface area contributed by atoms with E-state index in [1.54, 1.807) is 11.3 Å². The highest BCUT2D eigenvalue weighted by atomic mass is 32.2. The minimum Gasteiger partial charge on any atom is -0.410 e. The Hall–Kier alpha value is -1.32. The van der Waals surface area contributed by atoms with Crippen LogP contribution >= 0.6 is 23.1 Å². The van der Waals surface area contributed by atoms with Crippen molar-refractivity contribution < 1.29 is 4.42 Å². The summed E-state index contributed by atoms with van der Waals surface area (Å²) in [4.78, 5) is 2.50. The Bertz CT molecular complexity index is 656. The maximum atomic E-state index is 8.80. The van der Waals surface area contributed by atoms with Gasteiger partial charge in [-0.1, -0.05) is 6.92 Å². The molecule has 3 rings (SSSR count). The van der Waals surface area contributed by atoms with Gasteiger partial charge in [-0.2, -0.15) is 5.26 Å². The molecule has 6 heteroatoms. The molecule has 0 fully saturated rings. The van der Waals surface area contributed by atoms with Crippen LogP contribution in [0.3, 0.4) is 0 Å². The van der Waals surface area contributed by atoms with Crippen LogP contribution in [0.15, 0.2) is 15.7 Å². The standard InChI is InChI=1S/C14H15N3OS2/c1-8-3-4-11-10(5-8)6-12(20-11)13-16-17-14(18-13)19-9(2)7-15/h6,8-9H,3-5H2,1-2H3. The number of hydrogen-bond donors (Lipinski definition) is 0. The van der Waals surface area contributed by atoms with Crippen LogP contribution in [0.5, 0.6) is 0 Å². The molecule has 1 aliphatic carbocycles. The number of hydrogen-bond acceptors (Lipinski definition) is 6. The number of nitriles is 1. The third-order valence-electron chi connectivity index (χ3n) is 3.41. The van der Waals surface area contributed by atoms with E-state index in [0.717, 1.165) is 23.6 Å². The molecule has 0 radical (unpaired) electrons. The van der Waals surface area contributed by atoms with Crippen molar-refractivity contribution in [2.75, 3.05) is 0 Å². The summed E-state index contributed by atoms with van der Waals surface area (Å²) in [5.41, 5.74) is 1.43. The van der Waals surface area contributed by atoms with Crippen LogP contribution in [0.1, 0.15) is 30.7 Å². The minimum atomic E-state index is -0.180. The third kappa shape index (κ3) is 2.74. The fourth-order valence-electron chi connectivity index (χ4n) is 2.35. The Labute approximate surface area is 126 Å². The zero-order valence-corrected chi connectivity index (χ0v) is 13.1. The predicted octanol–water partition coefficient (Wildman–Crippen LogP) is 3.93. The number of thioether (sulfide) groups is 1. The van der Waals surface area contributed by atoms with Crippen molar-refractivity contribution in [3.05, 3.63) is 16.5 Å². The lowest BCUT2D eigenvalue weighted by Gasteiger charge is -2.16. The molecule has 4 nitrogen and oxygen atoms in total. The minimum absolute atomic E-state index is 0.180. The SMILES string of the molecule is CC1CCc2sc(-c3nnc(SC(C)C#N)o3)cc2C1. The van der Waals surface area contributed by atoms with E-state index in [4.69, 9.17) is 9.68 Å². The van der Waals surface area contributed by atoms with Crippen LogP contribution in [0.25, 0.3) is 10.8 Å². The van der Waals surface area contributed by atoms with Crippen LogP contribution < -0.4 is 0 Å². The van der Waals surface area contributed by atoms with Gasteiger partial charge >= 0.3 is 0 Å². The molecule has 2 heterocycles. The van der Waals surface area contributed by atoms with E-state index in [2.05, 4.69) is 29.3 Å². The normalized spacial score (nSPS) is 19.4. The first-order valence-electron chi connectivity index (χ1n) is 6.67. The van der Waals surface area contributed by atoms with Crippen LogP contribution in [0, 0.1) is 17.2 Å². The van der Waals surface area contributed by atoms with E-state index in [1.165, 1.54) is 28.6 Å². The van der Waals surface area contributed by atoms with Crippen molar-refractivity contribution in [3.8, 4) is 16.8 Å². The van der Waals surface area contributed by atoms with Crippen molar-refractivity contribution in [2.45, 2.75) is 43.6 Å². The maximum Gasteiger partial charge on any atom is 0.278 e. The van der Waals surface area contributed by atoms with Crippen molar-refractivity contribution in [1.82, 2.24) is 10.2 Å². The summed E-state index contributed by atoms with van der Waals surface area (Å²) < 4.78 is 5.65. The van der Waals surface area contributed by atoms with E-state index in [9.17, 15) is 0 Å². The highest BCUT2D eigenvalue weighted by Gasteiger charge is 2.21. The van der Waals surface area contributed by atoms with Crippen molar-refractivity contribution >= 4 is 23.1 Å². The van der Waals surface area contributed by atoms with E-state index in [0.29, 0.717) is 11.1 Å². The lowest BCUT2D eigenvalue weighted by atomic mass is 9.90. The molecule has 0 saturated heterocycles. The molecule has 0 saturated carbocycles. The molecule has 0 amide bonds. The Balaban J connectivity index is 1.82. The summed E-state index contributed by atoms with van der Waals surface area (Å²) in [5.74, 6) is 1.33. The summed E-state index contributed by atoms with van der Waals surface area (Å²) in [5, 5.41) is 17.2. The molecular weight excluding hydrogens is 290 g/mol. The molecule has 2 aromatic heterocycles. The summed E-state index contributed by atoms with van der Waals surface area (Å²) in [6.07, 6.45) is 3.56. The first-order valence-corrected chi connectivity index (χ1v) is 8.37. The van der Waals surface area contributed by atoms with E-state index >= 15 is 0 Å². The second kappa shape index (κ2) is 5.58. The van der Waals surface area contributed by atoms with Gasteiger partial charge in [-0.25, -0.2) is 0 Å². The van der Waals surface area contributed by atoms with E-state index in [1.807, 2.05) is 6.92 Å². The third-order valence-corrected chi connectivity index (χ3v) is 5.46. The molecule has 0 bridgehead atoms. The van der Waals surface area contributed by atoms with Gasteiger partial charge in [0.25, 0.3) is 11.1 Å². The molecule has 20 heavy (non-hydrogen) atoms. The highest BCUT2D eigenvalue weighted by Crippen LogP contribution is 2.37. The van der Waals surface area contributed by atoms with Crippen LogP contribution in [0.2, 0.25) is 0 Å². The number of nitrogens with zero attached hydrogens (tertiary/aromatic N) is 3. The molecule has 0 spiro atoms. The van der Waals surface area contributed by atoms with E-state index in [-0.39, 0.29) is 5.25 Å². The molecule has 0 aromatic carbocycles. The van der Waals surface area contributed by atoms with Gasteiger partial charge in [-0.05, 0) is 55.5 Å². The number of fused-ring (bicyclic) bond motifs is 1. The van der Waals surface area contributed by atoms with Gasteiger partial charge in [0.1, 0.15) is 0 Å². The fourth-order valence-corrected chi connectivity index (χ4v) is 4.05. The quantitative estimate of drug-likeness (QED) is 0.804. The molecule has 0 N–H and O–H groups in total. The van der Waals surface area contributed by atoms with Gasteiger partial charge in [0.2, 0.25) is 0 Å². The highest BCUT2D eigenvalue weighted by molar-refractivity contribution is 7.99. The lowest BCUT2D eigenvalue weighted by Crippen LogP contribution is -2.07. The first kappa shape index (κ1) is 13.7. The average Bonchev–Trinajstić information content (AvgIpc) is 3.04. The summed E-state index contributed by atoms with van der Waals surface area (Å²) in [6, 6.07) is 4.33. The van der Waals surface area contributed by atoms with Gasteiger partial charge in [0.15, 0.2) is 0 Å². The fraction of sp³-hybridized carbons (Fsp3) is 0.500. The van der Waals surface area contributed by atoms with Gasteiger partial charge in [0.05, 0.1) is 16.2 Å². The first-order chi connectivity index (χ1) is 9.65. The van der Waals surface area contributed by atoms with Crippen LogP contribution in [-0.2, 0) is 12.8 Å². The van der Waals surface area contributed by atoms with Crippen LogP contribution in [0.4, 0.5) is 0 Å². The zero-order chi connectivity index (χ0) is 14.1. The topological polar surface area (TPSA) is 62.7 Å². The van der Waals surface area contributed by atoms with Gasteiger partial charge in [0, 0.05) is 4.88 Å². The second-order valence-electron chi connectivity index (χ2n) is 5.17. The number of thiophene rings is 1. The Morgan fingerprint density at radius 2 is 2.40 bits per heavy atom. The van der Waals surface area contributed by atoms with Crippen molar-refractivity contribution in [1.29, 1.82) is 5.26 Å².